The molecule has 4 heteroatoms. The second-order valence-corrected chi connectivity index (χ2v) is 13.3. The third-order valence-corrected chi connectivity index (χ3v) is 10.3. The van der Waals surface area contributed by atoms with Gasteiger partial charge in [0.05, 0.1) is 0 Å². The van der Waals surface area contributed by atoms with E-state index in [-0.39, 0.29) is 0 Å². The summed E-state index contributed by atoms with van der Waals surface area (Å²) in [5.74, 6) is 1.61. The number of nitrogens with one attached hydrogen (secondary N) is 1. The molecule has 0 amide bonds. The van der Waals surface area contributed by atoms with Crippen LogP contribution < -0.4 is 5.32 Å². The van der Waals surface area contributed by atoms with Crippen molar-refractivity contribution in [2.45, 2.75) is 6.17 Å². The van der Waals surface area contributed by atoms with E-state index in [4.69, 9.17) is 9.98 Å². The largest absolute Gasteiger partial charge is 0.324 e. The van der Waals surface area contributed by atoms with Gasteiger partial charge in [-0.05, 0) is 51.6 Å². The highest BCUT2D eigenvalue weighted by molar-refractivity contribution is 7.25. The molecule has 49 heavy (non-hydrogen) atoms. The quantitative estimate of drug-likeness (QED) is 0.192. The minimum Gasteiger partial charge on any atom is -0.324 e. The van der Waals surface area contributed by atoms with Crippen molar-refractivity contribution in [2.75, 3.05) is 0 Å². The van der Waals surface area contributed by atoms with Gasteiger partial charge in [0.25, 0.3) is 0 Å². The van der Waals surface area contributed by atoms with Crippen molar-refractivity contribution in [2.24, 2.45) is 9.98 Å². The first-order valence-corrected chi connectivity index (χ1v) is 17.3. The minimum absolute atomic E-state index is 0.446. The Morgan fingerprint density at radius 3 is 1.35 bits per heavy atom. The summed E-state index contributed by atoms with van der Waals surface area (Å²) in [4.78, 5) is 10.7. The van der Waals surface area contributed by atoms with Gasteiger partial charge in [-0.3, -0.25) is 0 Å². The molecule has 0 bridgehead atoms. The van der Waals surface area contributed by atoms with Crippen molar-refractivity contribution in [1.82, 2.24) is 5.32 Å². The smallest absolute Gasteiger partial charge is 0.170 e. The average Bonchev–Trinajstić information content (AvgIpc) is 3.57. The van der Waals surface area contributed by atoms with E-state index < -0.39 is 6.17 Å². The average molecular weight is 646 g/mol. The highest BCUT2D eigenvalue weighted by atomic mass is 32.1. The molecule has 3 nitrogen and oxygen atoms in total. The lowest BCUT2D eigenvalue weighted by molar-refractivity contribution is 0.763. The van der Waals surface area contributed by atoms with E-state index >= 15 is 0 Å². The van der Waals surface area contributed by atoms with Gasteiger partial charge in [-0.2, -0.15) is 0 Å². The number of hydrogen-bond acceptors (Lipinski definition) is 4. The van der Waals surface area contributed by atoms with Crippen molar-refractivity contribution >= 4 is 43.2 Å². The van der Waals surface area contributed by atoms with Crippen molar-refractivity contribution in [1.29, 1.82) is 0 Å². The Bertz CT molecular complexity index is 2380. The molecule has 232 valence electrons. The van der Waals surface area contributed by atoms with Crippen LogP contribution in [-0.4, -0.2) is 11.7 Å². The molecule has 1 aliphatic rings. The summed E-state index contributed by atoms with van der Waals surface area (Å²) in [6, 6.07) is 62.2. The molecule has 0 unspecified atom stereocenters. The van der Waals surface area contributed by atoms with Crippen LogP contribution in [-0.2, 0) is 0 Å². The fourth-order valence-corrected chi connectivity index (χ4v) is 7.85. The molecule has 0 saturated heterocycles. The van der Waals surface area contributed by atoms with E-state index in [2.05, 4.69) is 169 Å². The summed E-state index contributed by atoms with van der Waals surface area (Å²) in [6.07, 6.45) is -0.446. The Balaban J connectivity index is 1.21. The molecule has 0 saturated carbocycles. The Morgan fingerprint density at radius 2 is 0.816 bits per heavy atom. The normalized spacial score (nSPS) is 13.2. The van der Waals surface area contributed by atoms with Crippen molar-refractivity contribution < 1.29 is 0 Å². The minimum atomic E-state index is -0.446. The number of amidine groups is 2. The molecule has 7 aromatic carbocycles. The fourth-order valence-electron chi connectivity index (χ4n) is 6.67. The number of thiophene rings is 1. The summed E-state index contributed by atoms with van der Waals surface area (Å²) in [6.45, 7) is 0. The Labute approximate surface area is 289 Å². The standard InChI is InChI=1S/C45H31N3S/c1-4-12-30(13-5-1)33-20-24-35(25-21-33)43-46-44(36-26-22-34(23-27-36)31-14-6-2-7-15-31)48-45(47-43)39-28-37(32-16-8-3-9-17-32)29-41-42(39)38-18-10-11-19-40(38)49-41/h1-29,45H,(H,46,47,48). The molecule has 0 radical (unpaired) electrons. The molecule has 2 heterocycles. The Hall–Kier alpha value is -6.10. The van der Waals surface area contributed by atoms with Gasteiger partial charge < -0.3 is 5.32 Å². The zero-order chi connectivity index (χ0) is 32.6. The summed E-state index contributed by atoms with van der Waals surface area (Å²) >= 11 is 1.83. The third kappa shape index (κ3) is 5.62. The maximum Gasteiger partial charge on any atom is 0.170 e. The maximum absolute atomic E-state index is 5.36. The molecule has 8 aromatic rings. The molecular weight excluding hydrogens is 615 g/mol. The van der Waals surface area contributed by atoms with E-state index in [1.165, 1.54) is 53.6 Å². The van der Waals surface area contributed by atoms with Gasteiger partial charge in [-0.25, -0.2) is 9.98 Å². The van der Waals surface area contributed by atoms with Gasteiger partial charge in [0.15, 0.2) is 6.17 Å². The molecule has 1 N–H and O–H groups in total. The fraction of sp³-hybridized carbons (Fsp3) is 0.0222. The van der Waals surface area contributed by atoms with Crippen LogP contribution in [0.1, 0.15) is 22.9 Å². The molecule has 0 spiro atoms. The summed E-state index contributed by atoms with van der Waals surface area (Å²) in [7, 11) is 0. The van der Waals surface area contributed by atoms with Gasteiger partial charge in [0.2, 0.25) is 0 Å². The van der Waals surface area contributed by atoms with Crippen LogP contribution in [0.4, 0.5) is 0 Å². The van der Waals surface area contributed by atoms with E-state index in [9.17, 15) is 0 Å². The highest BCUT2D eigenvalue weighted by Crippen LogP contribution is 2.42. The van der Waals surface area contributed by atoms with Gasteiger partial charge in [-0.15, -0.1) is 11.3 Å². The number of fused-ring (bicyclic) bond motifs is 3. The lowest BCUT2D eigenvalue weighted by Gasteiger charge is -2.23. The van der Waals surface area contributed by atoms with Gasteiger partial charge in [-0.1, -0.05) is 158 Å². The van der Waals surface area contributed by atoms with Crippen LogP contribution in [0.2, 0.25) is 0 Å². The van der Waals surface area contributed by atoms with Crippen LogP contribution in [0.25, 0.3) is 53.6 Å². The van der Waals surface area contributed by atoms with Crippen LogP contribution in [0.3, 0.4) is 0 Å². The number of nitrogens with zero attached hydrogens (tertiary/aromatic N) is 2. The molecule has 1 aromatic heterocycles. The van der Waals surface area contributed by atoms with Crippen LogP contribution in [0.5, 0.6) is 0 Å². The van der Waals surface area contributed by atoms with Gasteiger partial charge >= 0.3 is 0 Å². The van der Waals surface area contributed by atoms with Gasteiger partial charge in [0, 0.05) is 36.9 Å². The summed E-state index contributed by atoms with van der Waals surface area (Å²) in [5, 5.41) is 6.09. The predicted molar refractivity (Wildman–Crippen MR) is 207 cm³/mol. The van der Waals surface area contributed by atoms with Gasteiger partial charge in [0.1, 0.15) is 11.7 Å². The third-order valence-electron chi connectivity index (χ3n) is 9.16. The number of aliphatic imine (C=N–C) groups is 2. The van der Waals surface area contributed by atoms with Crippen LogP contribution >= 0.6 is 11.3 Å². The first kappa shape index (κ1) is 29.1. The van der Waals surface area contributed by atoms with Crippen LogP contribution in [0.15, 0.2) is 186 Å². The van der Waals surface area contributed by atoms with E-state index in [1.54, 1.807) is 0 Å². The van der Waals surface area contributed by atoms with E-state index in [0.717, 1.165) is 28.4 Å². The lowest BCUT2D eigenvalue weighted by atomic mass is 9.97. The summed E-state index contributed by atoms with van der Waals surface area (Å²) < 4.78 is 2.50. The lowest BCUT2D eigenvalue weighted by Crippen LogP contribution is -2.36. The topological polar surface area (TPSA) is 36.8 Å². The Kier molecular flexibility index (Phi) is 7.41. The zero-order valence-corrected chi connectivity index (χ0v) is 27.4. The SMILES string of the molecule is c1ccc(-c2ccc(C3=NC(c4cc(-c5ccccc5)cc5sc6ccccc6c45)N=C(c4ccc(-c5ccccc5)cc4)N3)cc2)cc1. The number of rotatable bonds is 6. The first-order valence-electron chi connectivity index (χ1n) is 16.5. The highest BCUT2D eigenvalue weighted by Gasteiger charge is 2.25. The monoisotopic (exact) mass is 645 g/mol. The Morgan fingerprint density at radius 1 is 0.388 bits per heavy atom. The molecule has 0 atom stereocenters. The summed E-state index contributed by atoms with van der Waals surface area (Å²) in [5.41, 5.74) is 10.2. The maximum atomic E-state index is 5.36. The van der Waals surface area contributed by atoms with Crippen molar-refractivity contribution in [3.05, 3.63) is 193 Å². The van der Waals surface area contributed by atoms with Crippen molar-refractivity contribution in [3.8, 4) is 33.4 Å². The second kappa shape index (κ2) is 12.5. The molecule has 0 fully saturated rings. The molecular formula is C45H31N3S. The molecule has 0 aliphatic carbocycles. The molecule has 1 aliphatic heterocycles. The van der Waals surface area contributed by atoms with E-state index in [1.807, 2.05) is 23.5 Å². The zero-order valence-electron chi connectivity index (χ0n) is 26.6. The van der Waals surface area contributed by atoms with E-state index in [0.29, 0.717) is 0 Å². The predicted octanol–water partition coefficient (Wildman–Crippen LogP) is 11.6. The number of benzene rings is 7. The molecule has 9 rings (SSSR count). The van der Waals surface area contributed by atoms with Crippen LogP contribution in [0, 0.1) is 0 Å². The van der Waals surface area contributed by atoms with Crippen molar-refractivity contribution in [3.63, 3.8) is 0 Å². The first-order chi connectivity index (χ1) is 24.3. The number of hydrogen-bond donors (Lipinski definition) is 1. The second-order valence-electron chi connectivity index (χ2n) is 12.2.